The van der Waals surface area contributed by atoms with Crippen molar-refractivity contribution in [1.82, 2.24) is 5.32 Å². The number of anilines is 2. The Balaban J connectivity index is 1.71. The van der Waals surface area contributed by atoms with Crippen molar-refractivity contribution < 1.29 is 14.5 Å². The van der Waals surface area contributed by atoms with E-state index in [1.165, 1.54) is 6.07 Å². The van der Waals surface area contributed by atoms with Gasteiger partial charge in [-0.05, 0) is 61.5 Å². The molecule has 2 N–H and O–H groups in total. The summed E-state index contributed by atoms with van der Waals surface area (Å²) in [5.74, 6) is -0.343. The molecule has 1 saturated heterocycles. The number of hydrogen-bond donors (Lipinski definition) is 2. The van der Waals surface area contributed by atoms with Crippen molar-refractivity contribution in [2.75, 3.05) is 36.5 Å². The Labute approximate surface area is 174 Å². The number of ether oxygens (including phenoxy) is 1. The van der Waals surface area contributed by atoms with Crippen LogP contribution < -0.4 is 15.5 Å². The van der Waals surface area contributed by atoms with Gasteiger partial charge in [-0.2, -0.15) is 0 Å². The highest BCUT2D eigenvalue weighted by Gasteiger charge is 2.22. The van der Waals surface area contributed by atoms with Crippen molar-refractivity contribution in [1.29, 1.82) is 0 Å². The van der Waals surface area contributed by atoms with Crippen LogP contribution in [-0.2, 0) is 4.74 Å². The predicted octanol–water partition coefficient (Wildman–Crippen LogP) is 3.18. The largest absolute Gasteiger partial charge is 0.378 e. The molecule has 0 radical (unpaired) electrons. The van der Waals surface area contributed by atoms with E-state index in [1.807, 2.05) is 24.8 Å². The summed E-state index contributed by atoms with van der Waals surface area (Å²) >= 11 is 5.20. The number of rotatable bonds is 4. The smallest absolute Gasteiger partial charge is 0.294 e. The number of benzene rings is 2. The van der Waals surface area contributed by atoms with E-state index in [1.54, 1.807) is 24.3 Å². The highest BCUT2D eigenvalue weighted by molar-refractivity contribution is 7.80. The summed E-state index contributed by atoms with van der Waals surface area (Å²) in [7, 11) is 0. The van der Waals surface area contributed by atoms with Gasteiger partial charge in [0.1, 0.15) is 5.69 Å². The number of morpholine rings is 1. The summed E-state index contributed by atoms with van der Waals surface area (Å²) in [6, 6.07) is 10.2. The summed E-state index contributed by atoms with van der Waals surface area (Å²) in [4.78, 5) is 25.4. The van der Waals surface area contributed by atoms with Gasteiger partial charge in [0.05, 0.1) is 18.1 Å². The zero-order valence-electron chi connectivity index (χ0n) is 16.2. The first-order chi connectivity index (χ1) is 13.8. The van der Waals surface area contributed by atoms with Gasteiger partial charge in [0.25, 0.3) is 11.6 Å². The average Bonchev–Trinajstić information content (AvgIpc) is 2.70. The summed E-state index contributed by atoms with van der Waals surface area (Å²) in [6.07, 6.45) is 0. The number of nitro groups is 1. The molecule has 9 heteroatoms. The maximum Gasteiger partial charge on any atom is 0.294 e. The lowest BCUT2D eigenvalue weighted by atomic mass is 10.1. The Bertz CT molecular complexity index is 957. The molecule has 1 amide bonds. The van der Waals surface area contributed by atoms with E-state index in [2.05, 4.69) is 10.6 Å². The van der Waals surface area contributed by atoms with E-state index in [4.69, 9.17) is 17.0 Å². The number of nitro benzene ring substituents is 1. The molecule has 0 spiro atoms. The van der Waals surface area contributed by atoms with Crippen molar-refractivity contribution in [3.05, 3.63) is 63.2 Å². The van der Waals surface area contributed by atoms with Crippen molar-refractivity contribution in [3.8, 4) is 0 Å². The molecule has 3 rings (SSSR count). The van der Waals surface area contributed by atoms with Crippen LogP contribution in [0.3, 0.4) is 0 Å². The maximum atomic E-state index is 12.4. The lowest BCUT2D eigenvalue weighted by Gasteiger charge is -2.28. The minimum Gasteiger partial charge on any atom is -0.378 e. The molecule has 2 aromatic rings. The van der Waals surface area contributed by atoms with Crippen LogP contribution in [0.25, 0.3) is 0 Å². The molecule has 0 bridgehead atoms. The first kappa shape index (κ1) is 20.7. The van der Waals surface area contributed by atoms with Gasteiger partial charge >= 0.3 is 0 Å². The van der Waals surface area contributed by atoms with Gasteiger partial charge in [0, 0.05) is 30.4 Å². The number of aryl methyl sites for hydroxylation is 2. The number of amides is 1. The quantitative estimate of drug-likeness (QED) is 0.451. The Kier molecular flexibility index (Phi) is 6.40. The maximum absolute atomic E-state index is 12.4. The third kappa shape index (κ3) is 5.07. The van der Waals surface area contributed by atoms with Crippen LogP contribution in [0.15, 0.2) is 36.4 Å². The molecular weight excluding hydrogens is 392 g/mol. The molecule has 1 heterocycles. The van der Waals surface area contributed by atoms with Crippen LogP contribution in [0.1, 0.15) is 21.5 Å². The van der Waals surface area contributed by atoms with E-state index in [9.17, 15) is 14.9 Å². The second-order valence-corrected chi connectivity index (χ2v) is 7.18. The molecule has 1 aliphatic rings. The number of carbonyl (C=O) groups excluding carboxylic acids is 1. The number of hydrogen-bond acceptors (Lipinski definition) is 6. The third-order valence-electron chi connectivity index (χ3n) is 4.78. The zero-order valence-corrected chi connectivity index (χ0v) is 17.0. The fourth-order valence-electron chi connectivity index (χ4n) is 3.04. The van der Waals surface area contributed by atoms with Crippen LogP contribution in [0.2, 0.25) is 0 Å². The normalized spacial score (nSPS) is 13.7. The number of thiocarbonyl (C=S) groups is 1. The molecule has 152 valence electrons. The van der Waals surface area contributed by atoms with Crippen LogP contribution >= 0.6 is 12.2 Å². The average molecular weight is 414 g/mol. The minimum atomic E-state index is -0.424. The number of nitrogens with one attached hydrogen (secondary N) is 2. The lowest BCUT2D eigenvalue weighted by molar-refractivity contribution is -0.384. The van der Waals surface area contributed by atoms with Crippen molar-refractivity contribution in [2.45, 2.75) is 13.8 Å². The first-order valence-corrected chi connectivity index (χ1v) is 9.56. The summed E-state index contributed by atoms with van der Waals surface area (Å²) in [5, 5.41) is 17.1. The third-order valence-corrected chi connectivity index (χ3v) is 4.98. The van der Waals surface area contributed by atoms with Crippen LogP contribution in [0, 0.1) is 24.0 Å². The summed E-state index contributed by atoms with van der Waals surface area (Å²) in [6.45, 7) is 6.15. The highest BCUT2D eigenvalue weighted by Crippen LogP contribution is 2.31. The molecule has 0 aliphatic carbocycles. The number of nitrogens with zero attached hydrogens (tertiary/aromatic N) is 2. The monoisotopic (exact) mass is 414 g/mol. The van der Waals surface area contributed by atoms with Gasteiger partial charge in [-0.25, -0.2) is 0 Å². The SMILES string of the molecule is Cc1ccc(C(=O)NC(=S)Nc2ccc(N3CCOCC3)c([N+](=O)[O-])c2)cc1C. The zero-order chi connectivity index (χ0) is 21.0. The Morgan fingerprint density at radius 2 is 1.86 bits per heavy atom. The molecule has 0 unspecified atom stereocenters. The molecule has 2 aromatic carbocycles. The van der Waals surface area contributed by atoms with Crippen molar-refractivity contribution in [3.63, 3.8) is 0 Å². The first-order valence-electron chi connectivity index (χ1n) is 9.16. The second-order valence-electron chi connectivity index (χ2n) is 6.77. The number of carbonyl (C=O) groups is 1. The van der Waals surface area contributed by atoms with Crippen LogP contribution in [0.4, 0.5) is 17.1 Å². The van der Waals surface area contributed by atoms with Gasteiger partial charge in [0.15, 0.2) is 5.11 Å². The Morgan fingerprint density at radius 1 is 1.14 bits per heavy atom. The minimum absolute atomic E-state index is 0.0276. The van der Waals surface area contributed by atoms with Gasteiger partial charge in [-0.1, -0.05) is 6.07 Å². The molecule has 0 aromatic heterocycles. The Morgan fingerprint density at radius 3 is 2.52 bits per heavy atom. The van der Waals surface area contributed by atoms with Crippen LogP contribution in [0.5, 0.6) is 0 Å². The van der Waals surface area contributed by atoms with Gasteiger partial charge < -0.3 is 15.0 Å². The van der Waals surface area contributed by atoms with E-state index in [0.717, 1.165) is 11.1 Å². The second kappa shape index (κ2) is 8.97. The highest BCUT2D eigenvalue weighted by atomic mass is 32.1. The topological polar surface area (TPSA) is 96.7 Å². The van der Waals surface area contributed by atoms with Crippen molar-refractivity contribution >= 4 is 40.3 Å². The molecule has 0 atom stereocenters. The van der Waals surface area contributed by atoms with Gasteiger partial charge in [-0.15, -0.1) is 0 Å². The summed E-state index contributed by atoms with van der Waals surface area (Å²) < 4.78 is 5.30. The molecular formula is C20H22N4O4S. The molecule has 1 fully saturated rings. The predicted molar refractivity (Wildman–Crippen MR) is 116 cm³/mol. The van der Waals surface area contributed by atoms with E-state index in [-0.39, 0.29) is 16.7 Å². The molecule has 29 heavy (non-hydrogen) atoms. The molecule has 8 nitrogen and oxygen atoms in total. The lowest BCUT2D eigenvalue weighted by Crippen LogP contribution is -2.36. The Hall–Kier alpha value is -3.04. The standard InChI is InChI=1S/C20H22N4O4S/c1-13-3-4-15(11-14(13)2)19(25)22-20(29)21-16-5-6-17(18(12-16)24(26)27)23-7-9-28-10-8-23/h3-6,11-12H,7-10H2,1-2H3,(H2,21,22,25,29). The van der Waals surface area contributed by atoms with E-state index in [0.29, 0.717) is 43.2 Å². The van der Waals surface area contributed by atoms with E-state index >= 15 is 0 Å². The fourth-order valence-corrected chi connectivity index (χ4v) is 3.25. The van der Waals surface area contributed by atoms with E-state index < -0.39 is 4.92 Å². The molecule has 0 saturated carbocycles. The van der Waals surface area contributed by atoms with Gasteiger partial charge in [-0.3, -0.25) is 20.2 Å². The summed E-state index contributed by atoms with van der Waals surface area (Å²) in [5.41, 5.74) is 3.53. The molecule has 1 aliphatic heterocycles. The van der Waals surface area contributed by atoms with Crippen LogP contribution in [-0.4, -0.2) is 42.2 Å². The fraction of sp³-hybridized carbons (Fsp3) is 0.300. The van der Waals surface area contributed by atoms with Crippen molar-refractivity contribution in [2.24, 2.45) is 0 Å². The van der Waals surface area contributed by atoms with Gasteiger partial charge in [0.2, 0.25) is 0 Å².